The Hall–Kier alpha value is -2.15. The molecule has 0 aliphatic carbocycles. The second-order valence-corrected chi connectivity index (χ2v) is 7.27. The van der Waals surface area contributed by atoms with Gasteiger partial charge in [0.25, 0.3) is 0 Å². The molecule has 1 N–H and O–H groups in total. The minimum atomic E-state index is -0.0718. The highest BCUT2D eigenvalue weighted by Gasteiger charge is 2.11. The number of carbonyl (C=O) groups is 1. The molecule has 0 saturated carbocycles. The molecule has 0 aliphatic heterocycles. The van der Waals surface area contributed by atoms with Crippen LogP contribution >= 0.6 is 22.9 Å². The minimum Gasteiger partial charge on any atom is -0.310 e. The smallest absolute Gasteiger partial charge is 0.239 e. The van der Waals surface area contributed by atoms with Crippen LogP contribution in [0, 0.1) is 0 Å². The van der Waals surface area contributed by atoms with Crippen molar-refractivity contribution in [2.75, 3.05) is 18.9 Å². The fourth-order valence-electron chi connectivity index (χ4n) is 2.55. The third kappa shape index (κ3) is 5.16. The van der Waals surface area contributed by atoms with Crippen molar-refractivity contribution in [1.29, 1.82) is 0 Å². The van der Waals surface area contributed by atoms with E-state index < -0.39 is 0 Å². The molecule has 2 aromatic heterocycles. The molecule has 1 aromatic carbocycles. The highest BCUT2D eigenvalue weighted by atomic mass is 35.5. The number of anilines is 1. The standard InChI is InChI=1S/C18H19ClN4OS/c1-22(11-14-4-2-5-15(19)10-14)13-18(24)21-17-7-8-20-23(17)12-16-6-3-9-25-16/h2-10H,11-13H2,1H3,(H,21,24). The van der Waals surface area contributed by atoms with Gasteiger partial charge in [-0.25, -0.2) is 4.68 Å². The first-order valence-corrected chi connectivity index (χ1v) is 9.13. The summed E-state index contributed by atoms with van der Waals surface area (Å²) >= 11 is 7.67. The maximum Gasteiger partial charge on any atom is 0.239 e. The van der Waals surface area contributed by atoms with Crippen molar-refractivity contribution in [1.82, 2.24) is 14.7 Å². The monoisotopic (exact) mass is 374 g/mol. The van der Waals surface area contributed by atoms with Gasteiger partial charge < -0.3 is 5.32 Å². The van der Waals surface area contributed by atoms with Crippen LogP contribution in [-0.4, -0.2) is 34.2 Å². The maximum atomic E-state index is 12.3. The van der Waals surface area contributed by atoms with Gasteiger partial charge in [0.05, 0.1) is 19.3 Å². The summed E-state index contributed by atoms with van der Waals surface area (Å²) in [6.45, 7) is 1.60. The minimum absolute atomic E-state index is 0.0718. The SMILES string of the molecule is CN(CC(=O)Nc1ccnn1Cc1cccs1)Cc1cccc(Cl)c1. The Balaban J connectivity index is 1.55. The molecule has 0 atom stereocenters. The third-order valence-corrected chi connectivity index (χ3v) is 4.72. The van der Waals surface area contributed by atoms with Gasteiger partial charge in [-0.1, -0.05) is 29.8 Å². The van der Waals surface area contributed by atoms with Crippen LogP contribution in [0.15, 0.2) is 54.0 Å². The zero-order chi connectivity index (χ0) is 17.6. The number of nitrogens with one attached hydrogen (secondary N) is 1. The average Bonchev–Trinajstić information content (AvgIpc) is 3.20. The number of rotatable bonds is 7. The molecular weight excluding hydrogens is 356 g/mol. The van der Waals surface area contributed by atoms with Gasteiger partial charge in [0, 0.05) is 22.5 Å². The molecule has 25 heavy (non-hydrogen) atoms. The van der Waals surface area contributed by atoms with E-state index in [0.29, 0.717) is 23.9 Å². The number of benzene rings is 1. The quantitative estimate of drug-likeness (QED) is 0.685. The maximum absolute atomic E-state index is 12.3. The van der Waals surface area contributed by atoms with Crippen LogP contribution in [0.5, 0.6) is 0 Å². The normalized spacial score (nSPS) is 11.0. The Morgan fingerprint density at radius 3 is 2.96 bits per heavy atom. The van der Waals surface area contributed by atoms with Crippen molar-refractivity contribution >= 4 is 34.7 Å². The fourth-order valence-corrected chi connectivity index (χ4v) is 3.44. The molecule has 0 aliphatic rings. The van der Waals surface area contributed by atoms with Crippen LogP contribution in [0.4, 0.5) is 5.82 Å². The van der Waals surface area contributed by atoms with Gasteiger partial charge >= 0.3 is 0 Å². The number of hydrogen-bond acceptors (Lipinski definition) is 4. The summed E-state index contributed by atoms with van der Waals surface area (Å²) in [6, 6.07) is 13.5. The molecule has 0 radical (unpaired) electrons. The van der Waals surface area contributed by atoms with E-state index in [4.69, 9.17) is 11.6 Å². The molecule has 0 unspecified atom stereocenters. The molecule has 130 valence electrons. The van der Waals surface area contributed by atoms with Crippen molar-refractivity contribution in [3.63, 3.8) is 0 Å². The number of halogens is 1. The number of thiophene rings is 1. The summed E-state index contributed by atoms with van der Waals surface area (Å²) in [4.78, 5) is 15.5. The summed E-state index contributed by atoms with van der Waals surface area (Å²) in [6.07, 6.45) is 1.69. The summed E-state index contributed by atoms with van der Waals surface area (Å²) < 4.78 is 1.79. The summed E-state index contributed by atoms with van der Waals surface area (Å²) in [5, 5.41) is 9.94. The number of carbonyl (C=O) groups excluding carboxylic acids is 1. The molecule has 0 fully saturated rings. The number of aromatic nitrogens is 2. The van der Waals surface area contributed by atoms with E-state index in [1.807, 2.05) is 53.7 Å². The zero-order valence-electron chi connectivity index (χ0n) is 13.9. The van der Waals surface area contributed by atoms with Crippen molar-refractivity contribution in [3.05, 3.63) is 69.5 Å². The Morgan fingerprint density at radius 1 is 1.32 bits per heavy atom. The first kappa shape index (κ1) is 17.7. The molecule has 3 aromatic rings. The third-order valence-electron chi connectivity index (χ3n) is 3.62. The van der Waals surface area contributed by atoms with E-state index >= 15 is 0 Å². The van der Waals surface area contributed by atoms with Gasteiger partial charge in [-0.3, -0.25) is 9.69 Å². The lowest BCUT2D eigenvalue weighted by Gasteiger charge is -2.17. The first-order valence-electron chi connectivity index (χ1n) is 7.87. The van der Waals surface area contributed by atoms with Crippen LogP contribution < -0.4 is 5.32 Å². The first-order chi connectivity index (χ1) is 12.1. The summed E-state index contributed by atoms with van der Waals surface area (Å²) in [5.41, 5.74) is 1.07. The van der Waals surface area contributed by atoms with Crippen LogP contribution in [0.25, 0.3) is 0 Å². The van der Waals surface area contributed by atoms with Crippen LogP contribution in [0.2, 0.25) is 5.02 Å². The summed E-state index contributed by atoms with van der Waals surface area (Å²) in [5.74, 6) is 0.631. The topological polar surface area (TPSA) is 50.2 Å². The molecular formula is C18H19ClN4OS. The van der Waals surface area contributed by atoms with Gasteiger partial charge in [0.2, 0.25) is 5.91 Å². The van der Waals surface area contributed by atoms with Crippen LogP contribution in [-0.2, 0) is 17.9 Å². The molecule has 0 spiro atoms. The van der Waals surface area contributed by atoms with Gasteiger partial charge in [0.15, 0.2) is 0 Å². The second-order valence-electron chi connectivity index (χ2n) is 5.80. The lowest BCUT2D eigenvalue weighted by molar-refractivity contribution is -0.117. The Labute approximate surface area is 155 Å². The van der Waals surface area contributed by atoms with Crippen molar-refractivity contribution in [2.45, 2.75) is 13.1 Å². The summed E-state index contributed by atoms with van der Waals surface area (Å²) in [7, 11) is 1.91. The molecule has 0 saturated heterocycles. The van der Waals surface area contributed by atoms with E-state index in [9.17, 15) is 4.79 Å². The second kappa shape index (κ2) is 8.29. The van der Waals surface area contributed by atoms with E-state index in [2.05, 4.69) is 16.5 Å². The van der Waals surface area contributed by atoms with Crippen molar-refractivity contribution in [3.8, 4) is 0 Å². The van der Waals surface area contributed by atoms with Crippen molar-refractivity contribution in [2.24, 2.45) is 0 Å². The predicted molar refractivity (Wildman–Crippen MR) is 102 cm³/mol. The Bertz CT molecular complexity index is 831. The van der Waals surface area contributed by atoms with Gasteiger partial charge in [-0.15, -0.1) is 11.3 Å². The van der Waals surface area contributed by atoms with Gasteiger partial charge in [0.1, 0.15) is 5.82 Å². The number of nitrogens with zero attached hydrogens (tertiary/aromatic N) is 3. The highest BCUT2D eigenvalue weighted by Crippen LogP contribution is 2.15. The number of likely N-dealkylation sites (N-methyl/N-ethyl adjacent to an activating group) is 1. The Morgan fingerprint density at radius 2 is 2.20 bits per heavy atom. The Kier molecular flexibility index (Phi) is 5.86. The van der Waals surface area contributed by atoms with Gasteiger partial charge in [-0.2, -0.15) is 5.10 Å². The average molecular weight is 375 g/mol. The molecule has 3 rings (SSSR count). The lowest BCUT2D eigenvalue weighted by Crippen LogP contribution is -2.30. The van der Waals surface area contributed by atoms with E-state index in [-0.39, 0.29) is 12.5 Å². The fraction of sp³-hybridized carbons (Fsp3) is 0.222. The van der Waals surface area contributed by atoms with E-state index in [1.165, 1.54) is 4.88 Å². The van der Waals surface area contributed by atoms with E-state index in [1.54, 1.807) is 22.2 Å². The van der Waals surface area contributed by atoms with E-state index in [0.717, 1.165) is 5.56 Å². The van der Waals surface area contributed by atoms with Gasteiger partial charge in [-0.05, 0) is 36.2 Å². The van der Waals surface area contributed by atoms with Crippen LogP contribution in [0.1, 0.15) is 10.4 Å². The molecule has 1 amide bonds. The molecule has 7 heteroatoms. The molecule has 2 heterocycles. The predicted octanol–water partition coefficient (Wildman–Crippen LogP) is 3.72. The number of hydrogen-bond donors (Lipinski definition) is 1. The number of amides is 1. The molecule has 5 nitrogen and oxygen atoms in total. The largest absolute Gasteiger partial charge is 0.310 e. The van der Waals surface area contributed by atoms with Crippen LogP contribution in [0.3, 0.4) is 0 Å². The van der Waals surface area contributed by atoms with Crippen molar-refractivity contribution < 1.29 is 4.79 Å². The lowest BCUT2D eigenvalue weighted by atomic mass is 10.2. The zero-order valence-corrected chi connectivity index (χ0v) is 15.4. The highest BCUT2D eigenvalue weighted by molar-refractivity contribution is 7.09. The molecule has 0 bridgehead atoms.